The molecule has 1 N–H and O–H groups in total. The molecule has 1 saturated heterocycles. The number of hydrogen-bond acceptors (Lipinski definition) is 3. The highest BCUT2D eigenvalue weighted by Crippen LogP contribution is 2.24. The van der Waals surface area contributed by atoms with Gasteiger partial charge in [0, 0.05) is 30.5 Å². The molecule has 3 rings (SSSR count). The largest absolute Gasteiger partial charge is 0.497 e. The molecule has 0 aromatic heterocycles. The summed E-state index contributed by atoms with van der Waals surface area (Å²) in [7, 11) is 1.59. The van der Waals surface area contributed by atoms with Crippen molar-refractivity contribution in [2.45, 2.75) is 13.0 Å². The summed E-state index contributed by atoms with van der Waals surface area (Å²) in [5.41, 5.74) is 1.49. The SMILES string of the molecule is COc1cccc(N2CCN(C(=O)Nc3ccccc3)C(C)C2=O)c1. The summed E-state index contributed by atoms with van der Waals surface area (Å²) in [6.45, 7) is 2.65. The Morgan fingerprint density at radius 1 is 1.12 bits per heavy atom. The molecule has 1 aliphatic rings. The van der Waals surface area contributed by atoms with Crippen LogP contribution in [-0.2, 0) is 4.79 Å². The van der Waals surface area contributed by atoms with Gasteiger partial charge in [0.25, 0.3) is 0 Å². The van der Waals surface area contributed by atoms with E-state index in [9.17, 15) is 9.59 Å². The molecule has 0 radical (unpaired) electrons. The van der Waals surface area contributed by atoms with Crippen LogP contribution in [0.4, 0.5) is 16.2 Å². The van der Waals surface area contributed by atoms with Gasteiger partial charge in [0.05, 0.1) is 7.11 Å². The molecule has 0 saturated carbocycles. The van der Waals surface area contributed by atoms with E-state index in [1.807, 2.05) is 54.6 Å². The van der Waals surface area contributed by atoms with Crippen molar-refractivity contribution in [3.8, 4) is 5.75 Å². The molecule has 0 spiro atoms. The predicted molar refractivity (Wildman–Crippen MR) is 97.0 cm³/mol. The Kier molecular flexibility index (Phi) is 4.88. The lowest BCUT2D eigenvalue weighted by atomic mass is 10.1. The fraction of sp³-hybridized carbons (Fsp3) is 0.263. The van der Waals surface area contributed by atoms with E-state index in [0.29, 0.717) is 24.5 Å². The van der Waals surface area contributed by atoms with Crippen molar-refractivity contribution in [2.75, 3.05) is 30.4 Å². The van der Waals surface area contributed by atoms with Gasteiger partial charge in [0.1, 0.15) is 11.8 Å². The highest BCUT2D eigenvalue weighted by atomic mass is 16.5. The second kappa shape index (κ2) is 7.25. The summed E-state index contributed by atoms with van der Waals surface area (Å²) >= 11 is 0. The number of amides is 3. The number of nitrogens with zero attached hydrogens (tertiary/aromatic N) is 2. The van der Waals surface area contributed by atoms with E-state index >= 15 is 0 Å². The van der Waals surface area contributed by atoms with Gasteiger partial charge in [-0.1, -0.05) is 24.3 Å². The van der Waals surface area contributed by atoms with E-state index in [4.69, 9.17) is 4.74 Å². The summed E-state index contributed by atoms with van der Waals surface area (Å²) in [5, 5.41) is 2.83. The number of carbonyl (C=O) groups is 2. The minimum Gasteiger partial charge on any atom is -0.497 e. The first-order valence-corrected chi connectivity index (χ1v) is 8.18. The van der Waals surface area contributed by atoms with Crippen LogP contribution in [0.3, 0.4) is 0 Å². The molecule has 1 atom stereocenters. The molecular formula is C19H21N3O3. The van der Waals surface area contributed by atoms with Crippen molar-refractivity contribution in [3.63, 3.8) is 0 Å². The van der Waals surface area contributed by atoms with Gasteiger partial charge in [-0.15, -0.1) is 0 Å². The molecule has 1 unspecified atom stereocenters. The average Bonchev–Trinajstić information content (AvgIpc) is 2.64. The van der Waals surface area contributed by atoms with Crippen LogP contribution in [0.25, 0.3) is 0 Å². The van der Waals surface area contributed by atoms with E-state index in [0.717, 1.165) is 5.69 Å². The molecule has 6 nitrogen and oxygen atoms in total. The minimum atomic E-state index is -0.538. The van der Waals surface area contributed by atoms with Gasteiger partial charge in [-0.2, -0.15) is 0 Å². The average molecular weight is 339 g/mol. The van der Waals surface area contributed by atoms with Crippen LogP contribution in [-0.4, -0.2) is 43.1 Å². The van der Waals surface area contributed by atoms with E-state index in [2.05, 4.69) is 5.32 Å². The maximum Gasteiger partial charge on any atom is 0.322 e. The fourth-order valence-corrected chi connectivity index (χ4v) is 2.90. The molecule has 25 heavy (non-hydrogen) atoms. The van der Waals surface area contributed by atoms with Gasteiger partial charge >= 0.3 is 6.03 Å². The Hall–Kier alpha value is -3.02. The third-order valence-electron chi connectivity index (χ3n) is 4.31. The number of carbonyl (C=O) groups excluding carboxylic acids is 2. The molecular weight excluding hydrogens is 318 g/mol. The van der Waals surface area contributed by atoms with Crippen molar-refractivity contribution < 1.29 is 14.3 Å². The number of hydrogen-bond donors (Lipinski definition) is 1. The number of urea groups is 1. The van der Waals surface area contributed by atoms with E-state index in [1.165, 1.54) is 0 Å². The zero-order valence-electron chi connectivity index (χ0n) is 14.3. The lowest BCUT2D eigenvalue weighted by Crippen LogP contribution is -2.58. The first kappa shape index (κ1) is 16.8. The number of methoxy groups -OCH3 is 1. The van der Waals surface area contributed by atoms with Gasteiger partial charge < -0.3 is 19.9 Å². The maximum absolute atomic E-state index is 12.8. The van der Waals surface area contributed by atoms with Crippen LogP contribution in [0.1, 0.15) is 6.92 Å². The summed E-state index contributed by atoms with van der Waals surface area (Å²) in [5.74, 6) is 0.588. The molecule has 6 heteroatoms. The summed E-state index contributed by atoms with van der Waals surface area (Å²) in [4.78, 5) is 28.5. The number of benzene rings is 2. The second-order valence-electron chi connectivity index (χ2n) is 5.86. The standard InChI is InChI=1S/C19H21N3O3/c1-14-18(23)22(16-9-6-10-17(13-16)25-2)12-11-21(14)19(24)20-15-7-4-3-5-8-15/h3-10,13-14H,11-12H2,1-2H3,(H,20,24). The molecule has 0 aliphatic carbocycles. The van der Waals surface area contributed by atoms with Gasteiger partial charge in [0.15, 0.2) is 0 Å². The fourth-order valence-electron chi connectivity index (χ4n) is 2.90. The van der Waals surface area contributed by atoms with Crippen LogP contribution < -0.4 is 15.0 Å². The highest BCUT2D eigenvalue weighted by molar-refractivity contribution is 6.01. The first-order chi connectivity index (χ1) is 12.1. The molecule has 2 aromatic carbocycles. The van der Waals surface area contributed by atoms with Crippen LogP contribution in [0, 0.1) is 0 Å². The number of nitrogens with one attached hydrogen (secondary N) is 1. The molecule has 1 heterocycles. The van der Waals surface area contributed by atoms with E-state index in [1.54, 1.807) is 23.8 Å². The quantitative estimate of drug-likeness (QED) is 0.935. The Morgan fingerprint density at radius 2 is 1.88 bits per heavy atom. The Morgan fingerprint density at radius 3 is 2.60 bits per heavy atom. The normalized spacial score (nSPS) is 17.4. The predicted octanol–water partition coefficient (Wildman–Crippen LogP) is 2.96. The zero-order valence-corrected chi connectivity index (χ0v) is 14.3. The summed E-state index contributed by atoms with van der Waals surface area (Å²) in [6.07, 6.45) is 0. The van der Waals surface area contributed by atoms with Crippen LogP contribution in [0.5, 0.6) is 5.75 Å². The number of anilines is 2. The molecule has 1 fully saturated rings. The van der Waals surface area contributed by atoms with Crippen molar-refractivity contribution in [3.05, 3.63) is 54.6 Å². The second-order valence-corrected chi connectivity index (χ2v) is 5.86. The van der Waals surface area contributed by atoms with Crippen molar-refractivity contribution in [2.24, 2.45) is 0 Å². The lowest BCUT2D eigenvalue weighted by molar-refractivity contribution is -0.123. The lowest BCUT2D eigenvalue weighted by Gasteiger charge is -2.39. The molecule has 0 bridgehead atoms. The van der Waals surface area contributed by atoms with Crippen LogP contribution >= 0.6 is 0 Å². The molecule has 3 amide bonds. The summed E-state index contributed by atoms with van der Waals surface area (Å²) < 4.78 is 5.22. The number of para-hydroxylation sites is 1. The topological polar surface area (TPSA) is 61.9 Å². The van der Waals surface area contributed by atoms with E-state index < -0.39 is 6.04 Å². The Bertz CT molecular complexity index is 764. The third kappa shape index (κ3) is 3.57. The van der Waals surface area contributed by atoms with Crippen LogP contribution in [0.15, 0.2) is 54.6 Å². The van der Waals surface area contributed by atoms with Crippen LogP contribution in [0.2, 0.25) is 0 Å². The van der Waals surface area contributed by atoms with Gasteiger partial charge in [-0.25, -0.2) is 4.79 Å². The molecule has 2 aromatic rings. The molecule has 130 valence electrons. The van der Waals surface area contributed by atoms with Crippen molar-refractivity contribution in [1.82, 2.24) is 4.90 Å². The number of rotatable bonds is 3. The monoisotopic (exact) mass is 339 g/mol. The van der Waals surface area contributed by atoms with Gasteiger partial charge in [-0.05, 0) is 31.2 Å². The van der Waals surface area contributed by atoms with E-state index in [-0.39, 0.29) is 11.9 Å². The first-order valence-electron chi connectivity index (χ1n) is 8.18. The van der Waals surface area contributed by atoms with Gasteiger partial charge in [0.2, 0.25) is 5.91 Å². The summed E-state index contributed by atoms with van der Waals surface area (Å²) in [6, 6.07) is 15.8. The van der Waals surface area contributed by atoms with Crippen molar-refractivity contribution >= 4 is 23.3 Å². The zero-order chi connectivity index (χ0) is 17.8. The van der Waals surface area contributed by atoms with Crippen molar-refractivity contribution in [1.29, 1.82) is 0 Å². The van der Waals surface area contributed by atoms with Gasteiger partial charge in [-0.3, -0.25) is 4.79 Å². The Labute approximate surface area is 147 Å². The molecule has 1 aliphatic heterocycles. The smallest absolute Gasteiger partial charge is 0.322 e. The Balaban J connectivity index is 1.71. The minimum absolute atomic E-state index is 0.109. The number of piperazine rings is 1. The number of ether oxygens (including phenoxy) is 1. The maximum atomic E-state index is 12.8. The third-order valence-corrected chi connectivity index (χ3v) is 4.31. The highest BCUT2D eigenvalue weighted by Gasteiger charge is 2.35.